The number of carbonyl (C=O) groups is 1. The number of nitrogens with zero attached hydrogens (tertiary/aromatic N) is 1. The Labute approximate surface area is 140 Å². The zero-order chi connectivity index (χ0) is 17.8. The number of hydrogen-bond donors (Lipinski definition) is 1. The Hall–Kier alpha value is -1.56. The number of rotatable bonds is 7. The Morgan fingerprint density at radius 1 is 1.26 bits per heavy atom. The molecule has 0 fully saturated rings. The number of hydrogen-bond acceptors (Lipinski definition) is 3. The van der Waals surface area contributed by atoms with Crippen molar-refractivity contribution in [3.05, 3.63) is 29.8 Å². The molecule has 0 aliphatic heterocycles. The average molecular weight is 340 g/mol. The molecular formula is C17H28N2O3S. The monoisotopic (exact) mass is 340 g/mol. The zero-order valence-corrected chi connectivity index (χ0v) is 15.6. The average Bonchev–Trinajstić information content (AvgIpc) is 2.42. The van der Waals surface area contributed by atoms with Crippen molar-refractivity contribution in [2.45, 2.75) is 53.1 Å². The molecule has 23 heavy (non-hydrogen) atoms. The van der Waals surface area contributed by atoms with Crippen molar-refractivity contribution in [1.29, 1.82) is 0 Å². The fourth-order valence-corrected chi connectivity index (χ4v) is 3.52. The predicted molar refractivity (Wildman–Crippen MR) is 95.0 cm³/mol. The van der Waals surface area contributed by atoms with Crippen LogP contribution in [-0.4, -0.2) is 32.7 Å². The lowest BCUT2D eigenvalue weighted by Crippen LogP contribution is -2.52. The highest BCUT2D eigenvalue weighted by Crippen LogP contribution is 2.23. The first kappa shape index (κ1) is 19.5. The van der Waals surface area contributed by atoms with Crippen molar-refractivity contribution in [2.24, 2.45) is 5.92 Å². The summed E-state index contributed by atoms with van der Waals surface area (Å²) in [5.74, 6) is 0.0164. The normalized spacial score (nSPS) is 14.4. The van der Waals surface area contributed by atoms with Crippen LogP contribution in [0.25, 0.3) is 0 Å². The van der Waals surface area contributed by atoms with Crippen LogP contribution >= 0.6 is 0 Å². The van der Waals surface area contributed by atoms with Crippen LogP contribution in [0.3, 0.4) is 0 Å². The number of anilines is 1. The van der Waals surface area contributed by atoms with E-state index in [4.69, 9.17) is 0 Å². The van der Waals surface area contributed by atoms with E-state index in [1.807, 2.05) is 40.7 Å². The summed E-state index contributed by atoms with van der Waals surface area (Å²) in [5, 5.41) is 2.92. The number of sulfonamides is 1. The second kappa shape index (κ2) is 7.81. The predicted octanol–water partition coefficient (Wildman–Crippen LogP) is 2.70. The van der Waals surface area contributed by atoms with Gasteiger partial charge in [-0.3, -0.25) is 9.10 Å². The molecule has 0 heterocycles. The van der Waals surface area contributed by atoms with Gasteiger partial charge in [0.05, 0.1) is 11.9 Å². The SMILES string of the molecule is CC[C@@H](C(=O)N[C@@H](C)C(C)C)N(c1cccc(C)c1)S(C)(=O)=O. The lowest BCUT2D eigenvalue weighted by molar-refractivity contribution is -0.123. The lowest BCUT2D eigenvalue weighted by atomic mass is 10.1. The van der Waals surface area contributed by atoms with Crippen LogP contribution in [0.4, 0.5) is 5.69 Å². The molecule has 0 aliphatic rings. The number of carbonyl (C=O) groups excluding carboxylic acids is 1. The maximum atomic E-state index is 12.6. The molecule has 5 nitrogen and oxygen atoms in total. The molecule has 0 aromatic heterocycles. The fraction of sp³-hybridized carbons (Fsp3) is 0.588. The van der Waals surface area contributed by atoms with Gasteiger partial charge in [-0.25, -0.2) is 8.42 Å². The molecule has 0 spiro atoms. The Bertz CT molecular complexity index is 641. The highest BCUT2D eigenvalue weighted by molar-refractivity contribution is 7.92. The third-order valence-corrected chi connectivity index (χ3v) is 5.14. The van der Waals surface area contributed by atoms with Gasteiger partial charge in [0.2, 0.25) is 15.9 Å². The van der Waals surface area contributed by atoms with E-state index in [1.165, 1.54) is 4.31 Å². The fourth-order valence-electron chi connectivity index (χ4n) is 2.31. The van der Waals surface area contributed by atoms with Crippen LogP contribution in [0.15, 0.2) is 24.3 Å². The summed E-state index contributed by atoms with van der Waals surface area (Å²) < 4.78 is 25.9. The third-order valence-electron chi connectivity index (χ3n) is 3.96. The van der Waals surface area contributed by atoms with Gasteiger partial charge in [0, 0.05) is 6.04 Å². The maximum Gasteiger partial charge on any atom is 0.244 e. The van der Waals surface area contributed by atoms with Gasteiger partial charge >= 0.3 is 0 Å². The molecule has 130 valence electrons. The zero-order valence-electron chi connectivity index (χ0n) is 14.8. The summed E-state index contributed by atoms with van der Waals surface area (Å²) in [7, 11) is -3.57. The molecule has 1 N–H and O–H groups in total. The van der Waals surface area contributed by atoms with Gasteiger partial charge < -0.3 is 5.32 Å². The van der Waals surface area contributed by atoms with Gasteiger partial charge in [-0.2, -0.15) is 0 Å². The minimum absolute atomic E-state index is 0.0181. The van der Waals surface area contributed by atoms with Crippen LogP contribution in [0.1, 0.15) is 39.7 Å². The van der Waals surface area contributed by atoms with Crippen LogP contribution in [0.2, 0.25) is 0 Å². The van der Waals surface area contributed by atoms with E-state index in [1.54, 1.807) is 18.2 Å². The van der Waals surface area contributed by atoms with E-state index in [0.29, 0.717) is 12.1 Å². The molecule has 6 heteroatoms. The van der Waals surface area contributed by atoms with Gasteiger partial charge in [0.1, 0.15) is 6.04 Å². The molecular weight excluding hydrogens is 312 g/mol. The smallest absolute Gasteiger partial charge is 0.244 e. The first-order valence-electron chi connectivity index (χ1n) is 7.94. The number of amides is 1. The van der Waals surface area contributed by atoms with E-state index in [0.717, 1.165) is 11.8 Å². The standard InChI is InChI=1S/C17H28N2O3S/c1-7-16(17(20)18-14(5)12(2)3)19(23(6,21)22)15-10-8-9-13(4)11-15/h8-12,14,16H,7H2,1-6H3,(H,18,20)/t14-,16-/m0/s1. The molecule has 1 amide bonds. The molecule has 0 bridgehead atoms. The second-order valence-corrected chi connectivity index (χ2v) is 8.22. The first-order valence-corrected chi connectivity index (χ1v) is 9.79. The quantitative estimate of drug-likeness (QED) is 0.830. The van der Waals surface area contributed by atoms with E-state index >= 15 is 0 Å². The van der Waals surface area contributed by atoms with Crippen molar-refractivity contribution in [2.75, 3.05) is 10.6 Å². The van der Waals surface area contributed by atoms with Crippen LogP contribution in [0.5, 0.6) is 0 Å². The second-order valence-electron chi connectivity index (χ2n) is 6.36. The molecule has 0 saturated heterocycles. The largest absolute Gasteiger partial charge is 0.352 e. The van der Waals surface area contributed by atoms with Crippen molar-refractivity contribution >= 4 is 21.6 Å². The molecule has 0 radical (unpaired) electrons. The van der Waals surface area contributed by atoms with Gasteiger partial charge in [-0.05, 0) is 43.9 Å². The molecule has 1 aromatic carbocycles. The highest BCUT2D eigenvalue weighted by atomic mass is 32.2. The summed E-state index contributed by atoms with van der Waals surface area (Å²) in [4.78, 5) is 12.6. The molecule has 0 aliphatic carbocycles. The highest BCUT2D eigenvalue weighted by Gasteiger charge is 2.32. The van der Waals surface area contributed by atoms with Crippen molar-refractivity contribution in [3.8, 4) is 0 Å². The minimum Gasteiger partial charge on any atom is -0.352 e. The van der Waals surface area contributed by atoms with Crippen molar-refractivity contribution in [3.63, 3.8) is 0 Å². The van der Waals surface area contributed by atoms with Gasteiger partial charge in [0.15, 0.2) is 0 Å². The molecule has 0 unspecified atom stereocenters. The number of benzene rings is 1. The summed E-state index contributed by atoms with van der Waals surface area (Å²) in [6, 6.07) is 6.41. The van der Waals surface area contributed by atoms with E-state index in [2.05, 4.69) is 5.32 Å². The van der Waals surface area contributed by atoms with Crippen molar-refractivity contribution in [1.82, 2.24) is 5.32 Å². The Balaban J connectivity index is 3.21. The molecule has 2 atom stereocenters. The van der Waals surface area contributed by atoms with Gasteiger partial charge in [-0.1, -0.05) is 32.9 Å². The van der Waals surface area contributed by atoms with Gasteiger partial charge in [0.25, 0.3) is 0 Å². The van der Waals surface area contributed by atoms with Gasteiger partial charge in [-0.15, -0.1) is 0 Å². The number of aryl methyl sites for hydroxylation is 1. The maximum absolute atomic E-state index is 12.6. The molecule has 1 aromatic rings. The summed E-state index contributed by atoms with van der Waals surface area (Å²) >= 11 is 0. The van der Waals surface area contributed by atoms with Crippen LogP contribution in [0, 0.1) is 12.8 Å². The Morgan fingerprint density at radius 2 is 1.87 bits per heavy atom. The minimum atomic E-state index is -3.57. The Morgan fingerprint density at radius 3 is 2.30 bits per heavy atom. The molecule has 0 saturated carbocycles. The van der Waals surface area contributed by atoms with Crippen LogP contribution < -0.4 is 9.62 Å². The Kier molecular flexibility index (Phi) is 6.62. The topological polar surface area (TPSA) is 66.5 Å². The summed E-state index contributed by atoms with van der Waals surface area (Å²) in [5.41, 5.74) is 1.47. The number of nitrogens with one attached hydrogen (secondary N) is 1. The van der Waals surface area contributed by atoms with Crippen LogP contribution in [-0.2, 0) is 14.8 Å². The summed E-state index contributed by atoms with van der Waals surface area (Å²) in [6.45, 7) is 9.67. The van der Waals surface area contributed by atoms with E-state index < -0.39 is 16.1 Å². The third kappa shape index (κ3) is 5.23. The van der Waals surface area contributed by atoms with Crippen molar-refractivity contribution < 1.29 is 13.2 Å². The van der Waals surface area contributed by atoms with E-state index in [9.17, 15) is 13.2 Å². The van der Waals surface area contributed by atoms with E-state index in [-0.39, 0.29) is 17.9 Å². The molecule has 1 rings (SSSR count). The lowest BCUT2D eigenvalue weighted by Gasteiger charge is -2.31. The summed E-state index contributed by atoms with van der Waals surface area (Å²) in [6.07, 6.45) is 1.54. The first-order chi connectivity index (χ1) is 10.6.